The molecular weight excluding hydrogens is 416 g/mol. The number of carbonyl (C=O) groups excluding carboxylic acids is 1. The minimum atomic E-state index is -0.676. The van der Waals surface area contributed by atoms with Gasteiger partial charge in [0.2, 0.25) is 0 Å². The zero-order valence-electron chi connectivity index (χ0n) is 19.1. The molecule has 0 unspecified atom stereocenters. The van der Waals surface area contributed by atoms with Crippen molar-refractivity contribution in [2.45, 2.75) is 66.7 Å². The van der Waals surface area contributed by atoms with E-state index in [2.05, 4.69) is 86.6 Å². The maximum atomic E-state index is 12.4. The first-order valence-electron chi connectivity index (χ1n) is 11.3. The zero-order valence-corrected chi connectivity index (χ0v) is 20.0. The van der Waals surface area contributed by atoms with Crippen LogP contribution in [0.2, 0.25) is 0 Å². The lowest BCUT2D eigenvalue weighted by molar-refractivity contribution is -0.159. The van der Waals surface area contributed by atoms with Gasteiger partial charge in [-0.05, 0) is 109 Å². The first kappa shape index (κ1) is 22.5. The van der Waals surface area contributed by atoms with E-state index in [-0.39, 0.29) is 18.2 Å². The number of esters is 1. The third-order valence-corrected chi connectivity index (χ3v) is 8.49. The molecule has 32 heavy (non-hydrogen) atoms. The van der Waals surface area contributed by atoms with Gasteiger partial charge in [0.15, 0.2) is 6.61 Å². The van der Waals surface area contributed by atoms with Gasteiger partial charge in [-0.1, -0.05) is 36.4 Å². The van der Waals surface area contributed by atoms with Crippen LogP contribution < -0.4 is 4.74 Å². The fraction of sp³-hybridized carbons (Fsp3) is 0.321. The Hall–Kier alpha value is -2.72. The van der Waals surface area contributed by atoms with Gasteiger partial charge in [-0.15, -0.1) is 0 Å². The van der Waals surface area contributed by atoms with Gasteiger partial charge in [-0.3, -0.25) is 0 Å². The molecule has 0 atom stereocenters. The minimum absolute atomic E-state index is 0.0528. The molecule has 0 radical (unpaired) electrons. The Labute approximate surface area is 194 Å². The van der Waals surface area contributed by atoms with Crippen LogP contribution in [0.5, 0.6) is 5.75 Å². The minimum Gasteiger partial charge on any atom is -0.481 e. The second-order valence-electron chi connectivity index (χ2n) is 8.83. The molecule has 0 aliphatic heterocycles. The molecule has 0 spiro atoms. The van der Waals surface area contributed by atoms with Gasteiger partial charge in [0, 0.05) is 0 Å². The fourth-order valence-electron chi connectivity index (χ4n) is 4.55. The SMILES string of the molecule is Cc1cc([SH](c2ccccc2)c2ccccc2)cc(C)c1OCC(=O)OC1(C)CCCC1. The van der Waals surface area contributed by atoms with E-state index < -0.39 is 10.9 Å². The molecule has 1 aliphatic carbocycles. The van der Waals surface area contributed by atoms with Crippen molar-refractivity contribution in [3.05, 3.63) is 83.9 Å². The van der Waals surface area contributed by atoms with Gasteiger partial charge in [-0.25, -0.2) is 4.79 Å². The number of hydrogen-bond donors (Lipinski definition) is 1. The number of carbonyl (C=O) groups is 1. The molecule has 1 saturated carbocycles. The fourth-order valence-corrected chi connectivity index (χ4v) is 7.03. The molecule has 4 rings (SSSR count). The highest BCUT2D eigenvalue weighted by atomic mass is 32.2. The molecule has 0 bridgehead atoms. The van der Waals surface area contributed by atoms with E-state index in [4.69, 9.17) is 9.47 Å². The summed E-state index contributed by atoms with van der Waals surface area (Å²) >= 11 is 0. The zero-order chi connectivity index (χ0) is 22.6. The Morgan fingerprint density at radius 2 is 1.34 bits per heavy atom. The lowest BCUT2D eigenvalue weighted by Crippen LogP contribution is -2.30. The summed E-state index contributed by atoms with van der Waals surface area (Å²) in [6.45, 7) is 6.08. The second kappa shape index (κ2) is 9.83. The van der Waals surface area contributed by atoms with Crippen molar-refractivity contribution in [3.8, 4) is 5.75 Å². The van der Waals surface area contributed by atoms with E-state index in [0.29, 0.717) is 0 Å². The molecule has 1 aliphatic rings. The molecule has 3 nitrogen and oxygen atoms in total. The number of thiol groups is 1. The van der Waals surface area contributed by atoms with E-state index >= 15 is 0 Å². The Balaban J connectivity index is 1.56. The summed E-state index contributed by atoms with van der Waals surface area (Å²) in [5.74, 6) is 0.492. The van der Waals surface area contributed by atoms with E-state index in [9.17, 15) is 4.79 Å². The molecule has 0 N–H and O–H groups in total. The summed E-state index contributed by atoms with van der Waals surface area (Å²) in [4.78, 5) is 16.3. The highest BCUT2D eigenvalue weighted by molar-refractivity contribution is 8.17. The first-order chi connectivity index (χ1) is 15.5. The van der Waals surface area contributed by atoms with Crippen molar-refractivity contribution in [1.82, 2.24) is 0 Å². The van der Waals surface area contributed by atoms with Crippen molar-refractivity contribution >= 4 is 16.9 Å². The van der Waals surface area contributed by atoms with Crippen LogP contribution in [-0.2, 0) is 9.53 Å². The average molecular weight is 449 g/mol. The molecule has 4 heteroatoms. The average Bonchev–Trinajstić information content (AvgIpc) is 3.20. The summed E-state index contributed by atoms with van der Waals surface area (Å²) in [5.41, 5.74) is 1.76. The van der Waals surface area contributed by atoms with Gasteiger partial charge in [-0.2, -0.15) is 10.9 Å². The summed E-state index contributed by atoms with van der Waals surface area (Å²) < 4.78 is 11.7. The van der Waals surface area contributed by atoms with Crippen LogP contribution in [0.3, 0.4) is 0 Å². The monoisotopic (exact) mass is 448 g/mol. The largest absolute Gasteiger partial charge is 0.481 e. The predicted molar refractivity (Wildman–Crippen MR) is 131 cm³/mol. The van der Waals surface area contributed by atoms with Gasteiger partial charge in [0.05, 0.1) is 0 Å². The number of hydrogen-bond acceptors (Lipinski definition) is 3. The molecule has 0 aromatic heterocycles. The Morgan fingerprint density at radius 1 is 0.844 bits per heavy atom. The normalized spacial score (nSPS) is 15.3. The van der Waals surface area contributed by atoms with Crippen LogP contribution in [-0.4, -0.2) is 18.2 Å². The van der Waals surface area contributed by atoms with Crippen molar-refractivity contribution in [2.24, 2.45) is 0 Å². The third kappa shape index (κ3) is 5.18. The van der Waals surface area contributed by atoms with E-state index in [1.807, 2.05) is 6.92 Å². The Kier molecular flexibility index (Phi) is 6.90. The highest BCUT2D eigenvalue weighted by Gasteiger charge is 2.32. The van der Waals surface area contributed by atoms with Gasteiger partial charge < -0.3 is 9.47 Å². The van der Waals surface area contributed by atoms with Crippen molar-refractivity contribution in [3.63, 3.8) is 0 Å². The first-order valence-corrected chi connectivity index (χ1v) is 12.7. The molecule has 3 aromatic rings. The Morgan fingerprint density at radius 3 is 1.84 bits per heavy atom. The van der Waals surface area contributed by atoms with Crippen LogP contribution in [0, 0.1) is 13.8 Å². The molecular formula is C28H32O3S. The number of ether oxygens (including phenoxy) is 2. The van der Waals surface area contributed by atoms with Crippen LogP contribution in [0.4, 0.5) is 0 Å². The second-order valence-corrected chi connectivity index (χ2v) is 11.1. The maximum Gasteiger partial charge on any atom is 0.344 e. The van der Waals surface area contributed by atoms with Crippen molar-refractivity contribution < 1.29 is 14.3 Å². The van der Waals surface area contributed by atoms with E-state index in [1.165, 1.54) is 14.7 Å². The van der Waals surface area contributed by atoms with Gasteiger partial charge in [0.1, 0.15) is 11.4 Å². The van der Waals surface area contributed by atoms with Crippen molar-refractivity contribution in [2.75, 3.05) is 6.61 Å². The number of rotatable bonds is 7. The molecule has 0 heterocycles. The van der Waals surface area contributed by atoms with Gasteiger partial charge in [0.25, 0.3) is 0 Å². The molecule has 0 saturated heterocycles. The topological polar surface area (TPSA) is 35.5 Å². The standard InChI is InChI=1S/C28H32O3S/c1-21-18-25(32(23-12-6-4-7-13-23)24-14-8-5-9-15-24)19-22(2)27(21)30-20-26(29)31-28(3)16-10-11-17-28/h4-9,12-15,18-19,32H,10-11,16-17,20H2,1-3H3. The van der Waals surface area contributed by atoms with Crippen LogP contribution >= 0.6 is 10.9 Å². The molecule has 0 amide bonds. The lowest BCUT2D eigenvalue weighted by Gasteiger charge is -2.26. The summed E-state index contributed by atoms with van der Waals surface area (Å²) in [6.07, 6.45) is 4.12. The maximum absolute atomic E-state index is 12.4. The van der Waals surface area contributed by atoms with Gasteiger partial charge >= 0.3 is 5.97 Å². The predicted octanol–water partition coefficient (Wildman–Crippen LogP) is 7.04. The number of aryl methyl sites for hydroxylation is 2. The summed E-state index contributed by atoms with van der Waals surface area (Å²) in [6, 6.07) is 25.7. The van der Waals surface area contributed by atoms with E-state index in [1.54, 1.807) is 0 Å². The Bertz CT molecular complexity index is 994. The van der Waals surface area contributed by atoms with Crippen LogP contribution in [0.1, 0.15) is 43.7 Å². The quantitative estimate of drug-likeness (QED) is 0.311. The van der Waals surface area contributed by atoms with Crippen LogP contribution in [0.25, 0.3) is 0 Å². The molecule has 1 fully saturated rings. The van der Waals surface area contributed by atoms with E-state index in [0.717, 1.165) is 42.6 Å². The number of benzene rings is 3. The molecule has 168 valence electrons. The lowest BCUT2D eigenvalue weighted by atomic mass is 10.1. The van der Waals surface area contributed by atoms with Crippen LogP contribution in [0.15, 0.2) is 87.5 Å². The summed E-state index contributed by atoms with van der Waals surface area (Å²) in [5, 5.41) is 0. The smallest absolute Gasteiger partial charge is 0.344 e. The molecule has 3 aromatic carbocycles. The summed E-state index contributed by atoms with van der Waals surface area (Å²) in [7, 11) is -0.676. The third-order valence-electron chi connectivity index (χ3n) is 6.09. The highest BCUT2D eigenvalue weighted by Crippen LogP contribution is 2.52. The van der Waals surface area contributed by atoms with Crippen molar-refractivity contribution in [1.29, 1.82) is 0 Å².